The molecule has 0 bridgehead atoms. The highest BCUT2D eigenvalue weighted by atomic mass is 31.2. The molecule has 2 rings (SSSR count). The number of likely N-dealkylation sites (N-methyl/N-ethyl adjacent to an activating group) is 1. The van der Waals surface area contributed by atoms with Crippen LogP contribution >= 0.6 is 7.60 Å². The molecule has 2 aromatic rings. The molecule has 1 N–H and O–H groups in total. The van der Waals surface area contributed by atoms with Gasteiger partial charge in [-0.05, 0) is 32.1 Å². The number of hydrogen-bond acceptors (Lipinski definition) is 3. The summed E-state index contributed by atoms with van der Waals surface area (Å²) < 4.78 is 18.2. The van der Waals surface area contributed by atoms with Gasteiger partial charge in [-0.15, -0.1) is 0 Å². The summed E-state index contributed by atoms with van der Waals surface area (Å²) >= 11 is 0. The number of hydrogen-bond donors (Lipinski definition) is 1. The van der Waals surface area contributed by atoms with Gasteiger partial charge in [0.2, 0.25) is 0 Å². The topological polar surface area (TPSA) is 54.7 Å². The molecule has 0 amide bonds. The quantitative estimate of drug-likeness (QED) is 0.832. The van der Waals surface area contributed by atoms with Crippen molar-refractivity contribution in [2.75, 3.05) is 27.3 Å². The van der Waals surface area contributed by atoms with Crippen molar-refractivity contribution < 1.29 is 14.0 Å². The standard InChI is InChI=1S/C14H21N2O3P/c1-15(2)9-8-12-10-16(11-19-20(3,17)18)14-7-5-4-6-13(12)14/h4-7,10H,8-9,11H2,1-3H3,(H,17,18). The minimum Gasteiger partial charge on any atom is -0.324 e. The second kappa shape index (κ2) is 6.10. The average molecular weight is 296 g/mol. The predicted molar refractivity (Wildman–Crippen MR) is 81.0 cm³/mol. The van der Waals surface area contributed by atoms with E-state index in [-0.39, 0.29) is 6.73 Å². The second-order valence-electron chi connectivity index (χ2n) is 5.26. The van der Waals surface area contributed by atoms with E-state index in [1.807, 2.05) is 43.1 Å². The largest absolute Gasteiger partial charge is 0.326 e. The van der Waals surface area contributed by atoms with Crippen molar-refractivity contribution in [3.05, 3.63) is 36.0 Å². The molecular weight excluding hydrogens is 275 g/mol. The van der Waals surface area contributed by atoms with Crippen molar-refractivity contribution >= 4 is 18.5 Å². The molecule has 0 aliphatic rings. The van der Waals surface area contributed by atoms with Crippen LogP contribution in [0.2, 0.25) is 0 Å². The zero-order chi connectivity index (χ0) is 14.8. The number of aromatic nitrogens is 1. The molecule has 0 aliphatic carbocycles. The third kappa shape index (κ3) is 3.93. The van der Waals surface area contributed by atoms with Crippen LogP contribution in [0.5, 0.6) is 0 Å². The van der Waals surface area contributed by atoms with Crippen LogP contribution in [0.15, 0.2) is 30.5 Å². The van der Waals surface area contributed by atoms with Gasteiger partial charge in [-0.1, -0.05) is 18.2 Å². The summed E-state index contributed by atoms with van der Waals surface area (Å²) in [4.78, 5) is 11.4. The highest BCUT2D eigenvalue weighted by Gasteiger charge is 2.13. The van der Waals surface area contributed by atoms with Crippen LogP contribution in [0.3, 0.4) is 0 Å². The Morgan fingerprint density at radius 2 is 2.05 bits per heavy atom. The van der Waals surface area contributed by atoms with Crippen molar-refractivity contribution in [3.8, 4) is 0 Å². The highest BCUT2D eigenvalue weighted by Crippen LogP contribution is 2.37. The molecule has 0 saturated carbocycles. The molecule has 6 heteroatoms. The van der Waals surface area contributed by atoms with E-state index in [1.165, 1.54) is 17.6 Å². The summed E-state index contributed by atoms with van der Waals surface area (Å²) in [6.45, 7) is 2.25. The summed E-state index contributed by atoms with van der Waals surface area (Å²) in [6.07, 6.45) is 2.94. The fourth-order valence-electron chi connectivity index (χ4n) is 2.14. The maximum Gasteiger partial charge on any atom is 0.326 e. The van der Waals surface area contributed by atoms with Gasteiger partial charge in [0.05, 0.1) is 5.52 Å². The molecule has 0 radical (unpaired) electrons. The highest BCUT2D eigenvalue weighted by molar-refractivity contribution is 7.51. The molecule has 0 fully saturated rings. The van der Waals surface area contributed by atoms with Crippen LogP contribution in [0, 0.1) is 0 Å². The number of para-hydroxylation sites is 1. The van der Waals surface area contributed by atoms with Gasteiger partial charge in [0.15, 0.2) is 0 Å². The molecular formula is C14H21N2O3P. The minimum atomic E-state index is -3.46. The Labute approximate surface area is 119 Å². The monoisotopic (exact) mass is 296 g/mol. The van der Waals surface area contributed by atoms with Crippen molar-refractivity contribution in [1.29, 1.82) is 0 Å². The molecule has 0 spiro atoms. The van der Waals surface area contributed by atoms with E-state index in [0.717, 1.165) is 18.5 Å². The van der Waals surface area contributed by atoms with Crippen molar-refractivity contribution in [2.24, 2.45) is 0 Å². The number of rotatable bonds is 6. The first kappa shape index (κ1) is 15.3. The molecule has 1 heterocycles. The SMILES string of the molecule is CN(C)CCc1cn(COP(C)(=O)O)c2ccccc12. The van der Waals surface area contributed by atoms with Crippen molar-refractivity contribution in [2.45, 2.75) is 13.2 Å². The second-order valence-corrected chi connectivity index (χ2v) is 7.12. The Morgan fingerprint density at radius 1 is 1.35 bits per heavy atom. The van der Waals surface area contributed by atoms with Crippen LogP contribution in [-0.2, 0) is 22.2 Å². The third-order valence-corrected chi connectivity index (χ3v) is 3.73. The molecule has 110 valence electrons. The number of benzene rings is 1. The normalized spacial score (nSPS) is 14.8. The lowest BCUT2D eigenvalue weighted by Crippen LogP contribution is -2.14. The molecule has 20 heavy (non-hydrogen) atoms. The summed E-state index contributed by atoms with van der Waals surface area (Å²) in [5.41, 5.74) is 2.25. The Bertz CT molecular complexity index is 630. The lowest BCUT2D eigenvalue weighted by atomic mass is 10.1. The van der Waals surface area contributed by atoms with E-state index in [4.69, 9.17) is 4.52 Å². The number of nitrogens with zero attached hydrogens (tertiary/aromatic N) is 2. The zero-order valence-electron chi connectivity index (χ0n) is 12.1. The molecule has 1 aromatic heterocycles. The molecule has 1 unspecified atom stereocenters. The molecule has 5 nitrogen and oxygen atoms in total. The van der Waals surface area contributed by atoms with E-state index in [9.17, 15) is 9.46 Å². The average Bonchev–Trinajstić information content (AvgIpc) is 2.71. The first-order valence-electron chi connectivity index (χ1n) is 6.53. The van der Waals surface area contributed by atoms with Gasteiger partial charge in [-0.2, -0.15) is 0 Å². The summed E-state index contributed by atoms with van der Waals surface area (Å²) in [7, 11) is 0.626. The van der Waals surface area contributed by atoms with Crippen LogP contribution in [0.4, 0.5) is 0 Å². The van der Waals surface area contributed by atoms with E-state index in [1.54, 1.807) is 0 Å². The lowest BCUT2D eigenvalue weighted by molar-refractivity contribution is 0.208. The summed E-state index contributed by atoms with van der Waals surface area (Å²) in [6, 6.07) is 8.03. The molecule has 0 saturated heterocycles. The van der Waals surface area contributed by atoms with E-state index < -0.39 is 7.60 Å². The van der Waals surface area contributed by atoms with Crippen LogP contribution in [0.25, 0.3) is 10.9 Å². The van der Waals surface area contributed by atoms with Crippen LogP contribution in [-0.4, -0.2) is 41.7 Å². The number of fused-ring (bicyclic) bond motifs is 1. The molecule has 0 aliphatic heterocycles. The van der Waals surface area contributed by atoms with Crippen molar-refractivity contribution in [3.63, 3.8) is 0 Å². The Morgan fingerprint density at radius 3 is 2.70 bits per heavy atom. The van der Waals surface area contributed by atoms with Gasteiger partial charge in [-0.3, -0.25) is 9.09 Å². The maximum absolute atomic E-state index is 11.3. The maximum atomic E-state index is 11.3. The van der Waals surface area contributed by atoms with Gasteiger partial charge < -0.3 is 14.4 Å². The van der Waals surface area contributed by atoms with Gasteiger partial charge >= 0.3 is 7.60 Å². The van der Waals surface area contributed by atoms with Gasteiger partial charge in [0.1, 0.15) is 6.73 Å². The third-order valence-electron chi connectivity index (χ3n) is 3.14. The van der Waals surface area contributed by atoms with Gasteiger partial charge in [0, 0.05) is 24.8 Å². The van der Waals surface area contributed by atoms with Gasteiger partial charge in [0.25, 0.3) is 0 Å². The van der Waals surface area contributed by atoms with Crippen molar-refractivity contribution in [1.82, 2.24) is 9.47 Å². The molecule has 1 atom stereocenters. The van der Waals surface area contributed by atoms with Crippen LogP contribution < -0.4 is 0 Å². The Kier molecular flexibility index (Phi) is 4.66. The van der Waals surface area contributed by atoms with Gasteiger partial charge in [-0.25, -0.2) is 0 Å². The van der Waals surface area contributed by atoms with E-state index in [0.29, 0.717) is 0 Å². The minimum absolute atomic E-state index is 0.0900. The lowest BCUT2D eigenvalue weighted by Gasteiger charge is -2.09. The fraction of sp³-hybridized carbons (Fsp3) is 0.429. The van der Waals surface area contributed by atoms with Crippen LogP contribution in [0.1, 0.15) is 5.56 Å². The summed E-state index contributed by atoms with van der Waals surface area (Å²) in [5, 5.41) is 1.17. The fourth-order valence-corrected chi connectivity index (χ4v) is 2.48. The smallest absolute Gasteiger partial charge is 0.324 e. The van der Waals surface area contributed by atoms with E-state index >= 15 is 0 Å². The van der Waals surface area contributed by atoms with E-state index in [2.05, 4.69) is 11.0 Å². The first-order valence-corrected chi connectivity index (χ1v) is 8.55. The predicted octanol–water partition coefficient (Wildman–Crippen LogP) is 2.53. The summed E-state index contributed by atoms with van der Waals surface area (Å²) in [5.74, 6) is 0. The Balaban J connectivity index is 2.28. The zero-order valence-corrected chi connectivity index (χ0v) is 13.0. The molecule has 1 aromatic carbocycles. The first-order chi connectivity index (χ1) is 9.37. The Hall–Kier alpha value is -1.13.